The van der Waals surface area contributed by atoms with Gasteiger partial charge in [0.2, 0.25) is 0 Å². The monoisotopic (exact) mass is 288 g/mol. The standard InChI is InChI=1S/C18H24O3/c1-2-15-11-13-16(14-12-15)17(19)9-7-5-3-4-6-8-10-18(20)21/h2,11-14H,1,3-10H2,(H,20,21). The van der Waals surface area contributed by atoms with Crippen LogP contribution in [-0.4, -0.2) is 16.9 Å². The smallest absolute Gasteiger partial charge is 0.303 e. The molecule has 21 heavy (non-hydrogen) atoms. The molecule has 0 spiro atoms. The van der Waals surface area contributed by atoms with Crippen molar-refractivity contribution < 1.29 is 14.7 Å². The van der Waals surface area contributed by atoms with Gasteiger partial charge in [-0.3, -0.25) is 9.59 Å². The van der Waals surface area contributed by atoms with Gasteiger partial charge in [-0.2, -0.15) is 0 Å². The zero-order valence-corrected chi connectivity index (χ0v) is 12.5. The predicted octanol–water partition coefficient (Wildman–Crippen LogP) is 4.72. The quantitative estimate of drug-likeness (QED) is 0.473. The van der Waals surface area contributed by atoms with Crippen molar-refractivity contribution in [2.45, 2.75) is 51.4 Å². The van der Waals surface area contributed by atoms with Crippen LogP contribution in [0.1, 0.15) is 67.3 Å². The van der Waals surface area contributed by atoms with Gasteiger partial charge in [0.25, 0.3) is 0 Å². The van der Waals surface area contributed by atoms with Gasteiger partial charge in [0, 0.05) is 18.4 Å². The van der Waals surface area contributed by atoms with E-state index in [1.54, 1.807) is 6.08 Å². The van der Waals surface area contributed by atoms with E-state index in [0.29, 0.717) is 6.42 Å². The number of hydrogen-bond donors (Lipinski definition) is 1. The van der Waals surface area contributed by atoms with Gasteiger partial charge in [0.15, 0.2) is 5.78 Å². The Hall–Kier alpha value is -1.90. The minimum atomic E-state index is -0.719. The van der Waals surface area contributed by atoms with Crippen LogP contribution in [0.4, 0.5) is 0 Å². The highest BCUT2D eigenvalue weighted by molar-refractivity contribution is 5.96. The molecule has 0 bridgehead atoms. The molecule has 0 fully saturated rings. The Morgan fingerprint density at radius 3 is 1.95 bits per heavy atom. The van der Waals surface area contributed by atoms with Gasteiger partial charge in [-0.05, 0) is 18.4 Å². The van der Waals surface area contributed by atoms with Gasteiger partial charge in [0.1, 0.15) is 0 Å². The van der Waals surface area contributed by atoms with Crippen LogP contribution >= 0.6 is 0 Å². The molecule has 0 saturated carbocycles. The largest absolute Gasteiger partial charge is 0.481 e. The van der Waals surface area contributed by atoms with Crippen LogP contribution in [0.5, 0.6) is 0 Å². The summed E-state index contributed by atoms with van der Waals surface area (Å²) in [5, 5.41) is 8.51. The molecule has 3 heteroatoms. The molecule has 1 rings (SSSR count). The third-order valence-electron chi connectivity index (χ3n) is 3.51. The Kier molecular flexibility index (Phi) is 8.10. The summed E-state index contributed by atoms with van der Waals surface area (Å²) < 4.78 is 0. The summed E-state index contributed by atoms with van der Waals surface area (Å²) in [7, 11) is 0. The lowest BCUT2D eigenvalue weighted by Gasteiger charge is -2.03. The first-order valence-corrected chi connectivity index (χ1v) is 7.61. The van der Waals surface area contributed by atoms with E-state index in [1.807, 2.05) is 24.3 Å². The molecule has 0 saturated heterocycles. The van der Waals surface area contributed by atoms with Crippen molar-refractivity contribution in [1.29, 1.82) is 0 Å². The lowest BCUT2D eigenvalue weighted by Crippen LogP contribution is -1.98. The second kappa shape index (κ2) is 9.92. The van der Waals surface area contributed by atoms with E-state index in [1.165, 1.54) is 0 Å². The highest BCUT2D eigenvalue weighted by atomic mass is 16.4. The van der Waals surface area contributed by atoms with Crippen LogP contribution in [0.25, 0.3) is 6.08 Å². The van der Waals surface area contributed by atoms with E-state index in [-0.39, 0.29) is 12.2 Å². The molecule has 0 radical (unpaired) electrons. The molecular weight excluding hydrogens is 264 g/mol. The minimum Gasteiger partial charge on any atom is -0.481 e. The molecule has 1 aromatic carbocycles. The summed E-state index contributed by atoms with van der Waals surface area (Å²) in [6, 6.07) is 7.52. The molecule has 0 aliphatic carbocycles. The summed E-state index contributed by atoms with van der Waals surface area (Å²) in [4.78, 5) is 22.3. The summed E-state index contributed by atoms with van der Waals surface area (Å²) in [5.41, 5.74) is 1.79. The van der Waals surface area contributed by atoms with Crippen molar-refractivity contribution in [3.8, 4) is 0 Å². The maximum absolute atomic E-state index is 12.0. The average molecular weight is 288 g/mol. The van der Waals surface area contributed by atoms with Crippen LogP contribution < -0.4 is 0 Å². The first-order chi connectivity index (χ1) is 10.1. The van der Waals surface area contributed by atoms with Crippen molar-refractivity contribution in [3.63, 3.8) is 0 Å². The summed E-state index contributed by atoms with van der Waals surface area (Å²) in [5.74, 6) is -0.528. The SMILES string of the molecule is C=Cc1ccc(C(=O)CCCCCCCCC(=O)O)cc1. The average Bonchev–Trinajstić information content (AvgIpc) is 2.49. The molecule has 0 amide bonds. The second-order valence-corrected chi connectivity index (χ2v) is 5.26. The van der Waals surface area contributed by atoms with Crippen LogP contribution in [0.3, 0.4) is 0 Å². The number of ketones is 1. The van der Waals surface area contributed by atoms with E-state index in [0.717, 1.165) is 49.7 Å². The maximum Gasteiger partial charge on any atom is 0.303 e. The number of rotatable bonds is 11. The first kappa shape index (κ1) is 17.2. The van der Waals surface area contributed by atoms with E-state index >= 15 is 0 Å². The lowest BCUT2D eigenvalue weighted by atomic mass is 10.0. The van der Waals surface area contributed by atoms with Crippen molar-refractivity contribution in [1.82, 2.24) is 0 Å². The molecule has 0 heterocycles. The summed E-state index contributed by atoms with van der Waals surface area (Å²) in [6.07, 6.45) is 8.38. The maximum atomic E-state index is 12.0. The van der Waals surface area contributed by atoms with Gasteiger partial charge < -0.3 is 5.11 Å². The summed E-state index contributed by atoms with van der Waals surface area (Å²) in [6.45, 7) is 3.69. The molecule has 0 atom stereocenters. The van der Waals surface area contributed by atoms with Crippen molar-refractivity contribution in [3.05, 3.63) is 42.0 Å². The van der Waals surface area contributed by atoms with Gasteiger partial charge in [0.05, 0.1) is 0 Å². The molecule has 0 aliphatic heterocycles. The number of carbonyl (C=O) groups excluding carboxylic acids is 1. The minimum absolute atomic E-state index is 0.191. The zero-order chi connectivity index (χ0) is 15.5. The Bertz CT molecular complexity index is 460. The Balaban J connectivity index is 2.10. The number of Topliss-reactive ketones (excluding diaryl/α,β-unsaturated/α-hetero) is 1. The predicted molar refractivity (Wildman–Crippen MR) is 85.4 cm³/mol. The Morgan fingerprint density at radius 2 is 1.43 bits per heavy atom. The second-order valence-electron chi connectivity index (χ2n) is 5.26. The number of carboxylic acids is 1. The van der Waals surface area contributed by atoms with Crippen LogP contribution in [0.15, 0.2) is 30.8 Å². The molecule has 0 aliphatic rings. The third kappa shape index (κ3) is 7.45. The van der Waals surface area contributed by atoms with E-state index in [9.17, 15) is 9.59 Å². The van der Waals surface area contributed by atoms with Crippen LogP contribution in [-0.2, 0) is 4.79 Å². The number of carbonyl (C=O) groups is 2. The fourth-order valence-corrected chi connectivity index (χ4v) is 2.22. The van der Waals surface area contributed by atoms with Gasteiger partial charge >= 0.3 is 5.97 Å². The summed E-state index contributed by atoms with van der Waals surface area (Å²) >= 11 is 0. The molecule has 1 N–H and O–H groups in total. The number of carboxylic acid groups (broad SMARTS) is 1. The Morgan fingerprint density at radius 1 is 0.905 bits per heavy atom. The van der Waals surface area contributed by atoms with E-state index in [2.05, 4.69) is 6.58 Å². The fraction of sp³-hybridized carbons (Fsp3) is 0.444. The highest BCUT2D eigenvalue weighted by Gasteiger charge is 2.05. The molecule has 3 nitrogen and oxygen atoms in total. The number of benzene rings is 1. The number of unbranched alkanes of at least 4 members (excludes halogenated alkanes) is 5. The molecule has 1 aromatic rings. The third-order valence-corrected chi connectivity index (χ3v) is 3.51. The van der Waals surface area contributed by atoms with Crippen molar-refractivity contribution >= 4 is 17.8 Å². The zero-order valence-electron chi connectivity index (χ0n) is 12.5. The van der Waals surface area contributed by atoms with Crippen molar-refractivity contribution in [2.75, 3.05) is 0 Å². The number of aliphatic carboxylic acids is 1. The molecular formula is C18H24O3. The van der Waals surface area contributed by atoms with Gasteiger partial charge in [-0.1, -0.05) is 62.6 Å². The van der Waals surface area contributed by atoms with E-state index in [4.69, 9.17) is 5.11 Å². The normalized spacial score (nSPS) is 10.3. The highest BCUT2D eigenvalue weighted by Crippen LogP contribution is 2.12. The Labute approximate surface area is 126 Å². The molecule has 0 unspecified atom stereocenters. The fourth-order valence-electron chi connectivity index (χ4n) is 2.22. The topological polar surface area (TPSA) is 54.4 Å². The number of hydrogen-bond acceptors (Lipinski definition) is 2. The van der Waals surface area contributed by atoms with E-state index < -0.39 is 5.97 Å². The molecule has 114 valence electrons. The first-order valence-electron chi connectivity index (χ1n) is 7.61. The van der Waals surface area contributed by atoms with Crippen LogP contribution in [0, 0.1) is 0 Å². The van der Waals surface area contributed by atoms with Gasteiger partial charge in [-0.25, -0.2) is 0 Å². The van der Waals surface area contributed by atoms with Gasteiger partial charge in [-0.15, -0.1) is 0 Å². The molecule has 0 aromatic heterocycles. The lowest BCUT2D eigenvalue weighted by molar-refractivity contribution is -0.137. The van der Waals surface area contributed by atoms with Crippen molar-refractivity contribution in [2.24, 2.45) is 0 Å². The van der Waals surface area contributed by atoms with Crippen LogP contribution in [0.2, 0.25) is 0 Å².